The fourth-order valence-electron chi connectivity index (χ4n) is 2.25. The topological polar surface area (TPSA) is 113 Å². The van der Waals surface area contributed by atoms with Crippen LogP contribution in [0.4, 0.5) is 0 Å². The smallest absolute Gasteiger partial charge is 0.274 e. The van der Waals surface area contributed by atoms with Gasteiger partial charge in [-0.05, 0) is 26.0 Å². The van der Waals surface area contributed by atoms with Crippen LogP contribution in [0.3, 0.4) is 0 Å². The van der Waals surface area contributed by atoms with Crippen LogP contribution < -0.4 is 0 Å². The Morgan fingerprint density at radius 2 is 1.81 bits per heavy atom. The number of aromatic nitrogens is 2. The van der Waals surface area contributed by atoms with Crippen molar-refractivity contribution < 1.29 is 23.2 Å². The van der Waals surface area contributed by atoms with Gasteiger partial charge in [0.05, 0.1) is 23.0 Å². The van der Waals surface area contributed by atoms with Crippen molar-refractivity contribution in [2.24, 2.45) is 0 Å². The molecule has 0 aliphatic heterocycles. The number of aromatic hydroxyl groups is 1. The molecule has 0 aliphatic carbocycles. The van der Waals surface area contributed by atoms with Gasteiger partial charge in [-0.1, -0.05) is 18.2 Å². The molecule has 0 saturated heterocycles. The lowest BCUT2D eigenvalue weighted by atomic mass is 10.1. The lowest BCUT2D eigenvalue weighted by Gasteiger charge is -2.16. The second kappa shape index (κ2) is 5.47. The molecule has 2 aromatic rings. The highest BCUT2D eigenvalue weighted by Crippen LogP contribution is 2.36. The Morgan fingerprint density at radius 1 is 1.24 bits per heavy atom. The lowest BCUT2D eigenvalue weighted by molar-refractivity contribution is 0.182. The van der Waals surface area contributed by atoms with Gasteiger partial charge in [0.2, 0.25) is 5.88 Å². The molecule has 1 heterocycles. The van der Waals surface area contributed by atoms with Crippen LogP contribution in [-0.4, -0.2) is 39.1 Å². The van der Waals surface area contributed by atoms with E-state index < -0.39 is 27.4 Å². The van der Waals surface area contributed by atoms with Crippen LogP contribution in [0, 0.1) is 6.92 Å². The second-order valence-electron chi connectivity index (χ2n) is 4.75. The van der Waals surface area contributed by atoms with E-state index in [1.165, 1.54) is 13.8 Å². The van der Waals surface area contributed by atoms with E-state index in [9.17, 15) is 23.2 Å². The summed E-state index contributed by atoms with van der Waals surface area (Å²) in [5.74, 6) is -0.428. The summed E-state index contributed by atoms with van der Waals surface area (Å²) >= 11 is 0. The number of para-hydroxylation sites is 1. The van der Waals surface area contributed by atoms with Crippen molar-refractivity contribution in [3.63, 3.8) is 0 Å². The van der Waals surface area contributed by atoms with Crippen LogP contribution in [-0.2, 0) is 10.1 Å². The van der Waals surface area contributed by atoms with Gasteiger partial charge in [-0.3, -0.25) is 4.55 Å². The van der Waals surface area contributed by atoms with Crippen molar-refractivity contribution in [3.05, 3.63) is 41.6 Å². The summed E-state index contributed by atoms with van der Waals surface area (Å²) < 4.78 is 33.4. The van der Waals surface area contributed by atoms with Crippen molar-refractivity contribution in [1.29, 1.82) is 0 Å². The standard InChI is InChI=1S/C13H16N2O5S/c1-8-11(12(9(2)16)21(18,19)20)13(17)15(14-8)10-6-4-3-5-7-10/h3-7,9,12,16-17H,1-2H3,(H,18,19,20)/t9-,12-/m0/s1. The SMILES string of the molecule is Cc1nn(-c2ccccc2)c(O)c1[C@H]([C@H](C)O)S(=O)(=O)O. The van der Waals surface area contributed by atoms with Gasteiger partial charge in [-0.15, -0.1) is 0 Å². The molecule has 8 heteroatoms. The number of aliphatic hydroxyl groups is 1. The molecule has 0 saturated carbocycles. The Morgan fingerprint density at radius 3 is 2.29 bits per heavy atom. The minimum Gasteiger partial charge on any atom is -0.493 e. The van der Waals surface area contributed by atoms with E-state index >= 15 is 0 Å². The highest BCUT2D eigenvalue weighted by molar-refractivity contribution is 7.86. The fraction of sp³-hybridized carbons (Fsp3) is 0.308. The average Bonchev–Trinajstić information content (AvgIpc) is 2.66. The van der Waals surface area contributed by atoms with Gasteiger partial charge in [0.1, 0.15) is 5.25 Å². The molecule has 0 radical (unpaired) electrons. The van der Waals surface area contributed by atoms with E-state index in [0.717, 1.165) is 4.68 Å². The number of aliphatic hydroxyl groups excluding tert-OH is 1. The predicted molar refractivity (Wildman–Crippen MR) is 75.9 cm³/mol. The summed E-state index contributed by atoms with van der Waals surface area (Å²) in [5.41, 5.74) is 0.625. The highest BCUT2D eigenvalue weighted by Gasteiger charge is 2.36. The summed E-state index contributed by atoms with van der Waals surface area (Å²) in [6.45, 7) is 2.71. The lowest BCUT2D eigenvalue weighted by Crippen LogP contribution is -2.24. The molecule has 3 N–H and O–H groups in total. The van der Waals surface area contributed by atoms with Crippen LogP contribution in [0.2, 0.25) is 0 Å². The van der Waals surface area contributed by atoms with Crippen LogP contribution in [0.5, 0.6) is 5.88 Å². The van der Waals surface area contributed by atoms with Crippen LogP contribution in [0.15, 0.2) is 30.3 Å². The van der Waals surface area contributed by atoms with E-state index in [2.05, 4.69) is 5.10 Å². The molecule has 114 valence electrons. The number of hydrogen-bond donors (Lipinski definition) is 3. The van der Waals surface area contributed by atoms with Crippen molar-refractivity contribution in [2.45, 2.75) is 25.2 Å². The molecule has 7 nitrogen and oxygen atoms in total. The quantitative estimate of drug-likeness (QED) is 0.731. The van der Waals surface area contributed by atoms with E-state index in [-0.39, 0.29) is 11.3 Å². The first-order valence-electron chi connectivity index (χ1n) is 6.21. The average molecular weight is 312 g/mol. The molecular formula is C13H16N2O5S. The van der Waals surface area contributed by atoms with Gasteiger partial charge in [-0.2, -0.15) is 13.5 Å². The van der Waals surface area contributed by atoms with E-state index in [1.807, 2.05) is 0 Å². The number of benzene rings is 1. The number of hydrogen-bond acceptors (Lipinski definition) is 5. The van der Waals surface area contributed by atoms with Gasteiger partial charge < -0.3 is 10.2 Å². The van der Waals surface area contributed by atoms with Gasteiger partial charge in [0.15, 0.2) is 0 Å². The zero-order chi connectivity index (χ0) is 15.8. The third-order valence-corrected chi connectivity index (χ3v) is 4.40. The number of rotatable bonds is 4. The van der Waals surface area contributed by atoms with E-state index in [1.54, 1.807) is 30.3 Å². The molecule has 0 unspecified atom stereocenters. The summed E-state index contributed by atoms with van der Waals surface area (Å²) in [7, 11) is -4.59. The summed E-state index contributed by atoms with van der Waals surface area (Å²) in [5, 5.41) is 22.3. The molecule has 21 heavy (non-hydrogen) atoms. The van der Waals surface area contributed by atoms with Gasteiger partial charge >= 0.3 is 0 Å². The maximum atomic E-state index is 11.5. The Balaban J connectivity index is 2.64. The molecule has 2 rings (SSSR count). The molecule has 0 amide bonds. The van der Waals surface area contributed by atoms with Crippen molar-refractivity contribution in [1.82, 2.24) is 9.78 Å². The normalized spacial score (nSPS) is 14.9. The van der Waals surface area contributed by atoms with Crippen molar-refractivity contribution >= 4 is 10.1 Å². The zero-order valence-electron chi connectivity index (χ0n) is 11.5. The molecule has 1 aromatic carbocycles. The third kappa shape index (κ3) is 2.92. The van der Waals surface area contributed by atoms with E-state index in [0.29, 0.717) is 5.69 Å². The molecule has 0 spiro atoms. The predicted octanol–water partition coefficient (Wildman–Crippen LogP) is 1.20. The largest absolute Gasteiger partial charge is 0.493 e. The van der Waals surface area contributed by atoms with Crippen LogP contribution in [0.25, 0.3) is 5.69 Å². The van der Waals surface area contributed by atoms with Crippen LogP contribution in [0.1, 0.15) is 23.4 Å². The zero-order valence-corrected chi connectivity index (χ0v) is 12.3. The van der Waals surface area contributed by atoms with Gasteiger partial charge in [0, 0.05) is 0 Å². The monoisotopic (exact) mass is 312 g/mol. The van der Waals surface area contributed by atoms with Crippen molar-refractivity contribution in [3.8, 4) is 11.6 Å². The minimum atomic E-state index is -4.59. The first-order chi connectivity index (χ1) is 9.73. The molecule has 0 fully saturated rings. The molecule has 0 bridgehead atoms. The van der Waals surface area contributed by atoms with Crippen molar-refractivity contribution in [2.75, 3.05) is 0 Å². The Kier molecular flexibility index (Phi) is 4.04. The molecular weight excluding hydrogens is 296 g/mol. The first-order valence-corrected chi connectivity index (χ1v) is 7.72. The number of nitrogens with zero attached hydrogens (tertiary/aromatic N) is 2. The molecule has 0 aliphatic rings. The van der Waals surface area contributed by atoms with Gasteiger partial charge in [0.25, 0.3) is 10.1 Å². The Bertz CT molecular complexity index is 737. The summed E-state index contributed by atoms with van der Waals surface area (Å²) in [4.78, 5) is 0. The van der Waals surface area contributed by atoms with Crippen LogP contribution >= 0.6 is 0 Å². The maximum Gasteiger partial charge on any atom is 0.274 e. The third-order valence-electron chi connectivity index (χ3n) is 3.13. The first kappa shape index (κ1) is 15.5. The maximum absolute atomic E-state index is 11.5. The minimum absolute atomic E-state index is 0.114. The number of aryl methyl sites for hydroxylation is 1. The summed E-state index contributed by atoms with van der Waals surface area (Å²) in [6, 6.07) is 8.62. The second-order valence-corrected chi connectivity index (χ2v) is 6.28. The fourth-order valence-corrected chi connectivity index (χ4v) is 3.32. The highest BCUT2D eigenvalue weighted by atomic mass is 32.2. The Labute approximate surface area is 122 Å². The Hall–Kier alpha value is -1.90. The molecule has 1 aromatic heterocycles. The van der Waals surface area contributed by atoms with Gasteiger partial charge in [-0.25, -0.2) is 4.68 Å². The summed E-state index contributed by atoms with van der Waals surface area (Å²) in [6.07, 6.45) is -1.40. The van der Waals surface area contributed by atoms with E-state index in [4.69, 9.17) is 0 Å². The molecule has 2 atom stereocenters.